The highest BCUT2D eigenvalue weighted by Gasteiger charge is 2.29. The molecule has 3 aromatic carbocycles. The van der Waals surface area contributed by atoms with Crippen LogP contribution in [0.4, 0.5) is 0 Å². The molecule has 0 radical (unpaired) electrons. The average Bonchev–Trinajstić information content (AvgIpc) is 3.02. The largest absolute Gasteiger partial charge is 0.489 e. The van der Waals surface area contributed by atoms with Crippen LogP contribution in [-0.2, 0) is 0 Å². The highest BCUT2D eigenvalue weighted by molar-refractivity contribution is 6.15. The summed E-state index contributed by atoms with van der Waals surface area (Å²) >= 11 is 0. The van der Waals surface area contributed by atoms with E-state index in [1.807, 2.05) is 86.7 Å². The Morgan fingerprint density at radius 3 is 2.52 bits per heavy atom. The smallest absolute Gasteiger partial charge is 0.232 e. The van der Waals surface area contributed by atoms with Crippen LogP contribution in [0.5, 0.6) is 11.5 Å². The molecule has 0 aliphatic carbocycles. The summed E-state index contributed by atoms with van der Waals surface area (Å²) in [4.78, 5) is 12.8. The maximum absolute atomic E-state index is 12.8. The Morgan fingerprint density at radius 1 is 0.931 bits per heavy atom. The predicted molar refractivity (Wildman–Crippen MR) is 116 cm³/mol. The van der Waals surface area contributed by atoms with E-state index in [0.717, 1.165) is 22.3 Å². The lowest BCUT2D eigenvalue weighted by Crippen LogP contribution is -2.00. The van der Waals surface area contributed by atoms with Crippen LogP contribution in [-0.4, -0.2) is 12.4 Å². The fourth-order valence-corrected chi connectivity index (χ4v) is 3.36. The minimum Gasteiger partial charge on any atom is -0.489 e. The van der Waals surface area contributed by atoms with Gasteiger partial charge in [-0.2, -0.15) is 0 Å². The minimum atomic E-state index is -0.0884. The van der Waals surface area contributed by atoms with Crippen molar-refractivity contribution in [2.45, 2.75) is 13.8 Å². The van der Waals surface area contributed by atoms with E-state index in [4.69, 9.17) is 9.47 Å². The van der Waals surface area contributed by atoms with Crippen LogP contribution in [0.3, 0.4) is 0 Å². The number of Topliss-reactive ketones (excluding diaryl/α,β-unsaturated/α-hetero) is 1. The molecule has 1 aliphatic heterocycles. The first kappa shape index (κ1) is 18.8. The van der Waals surface area contributed by atoms with Crippen LogP contribution >= 0.6 is 0 Å². The molecule has 0 N–H and O–H groups in total. The van der Waals surface area contributed by atoms with Crippen molar-refractivity contribution in [3.05, 3.63) is 106 Å². The molecule has 1 aliphatic rings. The van der Waals surface area contributed by atoms with Gasteiger partial charge in [0.15, 0.2) is 5.76 Å². The van der Waals surface area contributed by atoms with E-state index < -0.39 is 0 Å². The summed E-state index contributed by atoms with van der Waals surface area (Å²) in [6, 6.07) is 21.7. The van der Waals surface area contributed by atoms with Crippen molar-refractivity contribution in [2.24, 2.45) is 0 Å². The first-order chi connectivity index (χ1) is 14.1. The van der Waals surface area contributed by atoms with Gasteiger partial charge in [0.1, 0.15) is 18.1 Å². The van der Waals surface area contributed by atoms with Crippen LogP contribution in [0, 0.1) is 13.8 Å². The van der Waals surface area contributed by atoms with Crippen molar-refractivity contribution in [3.8, 4) is 11.5 Å². The lowest BCUT2D eigenvalue weighted by Gasteiger charge is -2.07. The number of allylic oxidation sites excluding steroid dienone is 1. The number of rotatable bonds is 5. The molecule has 0 saturated carbocycles. The normalized spacial score (nSPS) is 14.3. The van der Waals surface area contributed by atoms with Crippen molar-refractivity contribution in [3.63, 3.8) is 0 Å². The van der Waals surface area contributed by atoms with Gasteiger partial charge in [-0.05, 0) is 48.8 Å². The van der Waals surface area contributed by atoms with Gasteiger partial charge in [0.2, 0.25) is 5.78 Å². The number of hydrogen-bond donors (Lipinski definition) is 0. The quantitative estimate of drug-likeness (QED) is 0.507. The second kappa shape index (κ2) is 8.19. The standard InChI is InChI=1S/C26H22O3/c1-18-8-6-11-21(14-18)16-24-26(27)25-19(2)15-22(17-23(25)29-24)28-13-7-12-20-9-4-3-5-10-20/h3-12,14-17H,13H2,1-2H3/b12-7+,24-16-. The Kier molecular flexibility index (Phi) is 5.30. The number of carbonyl (C=O) groups excluding carboxylic acids is 1. The fourth-order valence-electron chi connectivity index (χ4n) is 3.36. The first-order valence-corrected chi connectivity index (χ1v) is 9.60. The number of benzene rings is 3. The number of fused-ring (bicyclic) bond motifs is 1. The third-order valence-corrected chi connectivity index (χ3v) is 4.74. The number of ether oxygens (including phenoxy) is 2. The van der Waals surface area contributed by atoms with Gasteiger partial charge in [-0.25, -0.2) is 0 Å². The molecular weight excluding hydrogens is 360 g/mol. The van der Waals surface area contributed by atoms with E-state index in [1.54, 1.807) is 12.1 Å². The molecule has 0 saturated heterocycles. The SMILES string of the molecule is Cc1cccc(/C=C2\Oc3cc(OC/C=C/c4ccccc4)cc(C)c3C2=O)c1. The first-order valence-electron chi connectivity index (χ1n) is 9.60. The molecule has 0 amide bonds. The monoisotopic (exact) mass is 382 g/mol. The van der Waals surface area contributed by atoms with Crippen LogP contribution in [0.2, 0.25) is 0 Å². The van der Waals surface area contributed by atoms with Crippen molar-refractivity contribution in [1.82, 2.24) is 0 Å². The Hall–Kier alpha value is -3.59. The molecule has 0 fully saturated rings. The summed E-state index contributed by atoms with van der Waals surface area (Å²) < 4.78 is 11.7. The zero-order valence-corrected chi connectivity index (χ0v) is 16.5. The number of hydrogen-bond acceptors (Lipinski definition) is 3. The van der Waals surface area contributed by atoms with Crippen molar-refractivity contribution < 1.29 is 14.3 Å². The van der Waals surface area contributed by atoms with Crippen molar-refractivity contribution >= 4 is 17.9 Å². The minimum absolute atomic E-state index is 0.0884. The highest BCUT2D eigenvalue weighted by Crippen LogP contribution is 2.37. The second-order valence-electron chi connectivity index (χ2n) is 7.09. The molecular formula is C26H22O3. The summed E-state index contributed by atoms with van der Waals surface area (Å²) in [6.45, 7) is 4.36. The highest BCUT2D eigenvalue weighted by atomic mass is 16.5. The Morgan fingerprint density at radius 2 is 1.72 bits per heavy atom. The summed E-state index contributed by atoms with van der Waals surface area (Å²) in [5.41, 5.74) is 4.67. The summed E-state index contributed by atoms with van der Waals surface area (Å²) in [6.07, 6.45) is 5.77. The molecule has 0 spiro atoms. The molecule has 1 heterocycles. The van der Waals surface area contributed by atoms with Crippen LogP contribution < -0.4 is 9.47 Å². The molecule has 0 unspecified atom stereocenters. The summed E-state index contributed by atoms with van der Waals surface area (Å²) in [5, 5.41) is 0. The maximum atomic E-state index is 12.8. The lowest BCUT2D eigenvalue weighted by atomic mass is 10.0. The average molecular weight is 382 g/mol. The van der Waals surface area contributed by atoms with E-state index in [9.17, 15) is 4.79 Å². The second-order valence-corrected chi connectivity index (χ2v) is 7.09. The molecule has 4 rings (SSSR count). The third kappa shape index (κ3) is 4.30. The zero-order valence-electron chi connectivity index (χ0n) is 16.5. The Labute approximate surface area is 170 Å². The van der Waals surface area contributed by atoms with Crippen molar-refractivity contribution in [1.29, 1.82) is 0 Å². The van der Waals surface area contributed by atoms with E-state index >= 15 is 0 Å². The van der Waals surface area contributed by atoms with Gasteiger partial charge < -0.3 is 9.47 Å². The number of carbonyl (C=O) groups is 1. The molecule has 3 aromatic rings. The van der Waals surface area contributed by atoms with Gasteiger partial charge in [-0.1, -0.05) is 66.2 Å². The third-order valence-electron chi connectivity index (χ3n) is 4.74. The lowest BCUT2D eigenvalue weighted by molar-refractivity contribution is 0.101. The molecule has 3 heteroatoms. The molecule has 0 atom stereocenters. The van der Waals surface area contributed by atoms with Gasteiger partial charge in [-0.15, -0.1) is 0 Å². The van der Waals surface area contributed by atoms with E-state index in [1.165, 1.54) is 0 Å². The zero-order chi connectivity index (χ0) is 20.2. The van der Waals surface area contributed by atoms with E-state index in [0.29, 0.717) is 29.4 Å². The van der Waals surface area contributed by atoms with E-state index in [-0.39, 0.29) is 5.78 Å². The molecule has 29 heavy (non-hydrogen) atoms. The van der Waals surface area contributed by atoms with E-state index in [2.05, 4.69) is 0 Å². The Balaban J connectivity index is 1.49. The fraction of sp³-hybridized carbons (Fsp3) is 0.115. The summed E-state index contributed by atoms with van der Waals surface area (Å²) in [7, 11) is 0. The van der Waals surface area contributed by atoms with Crippen LogP contribution in [0.25, 0.3) is 12.2 Å². The predicted octanol–water partition coefficient (Wildman–Crippen LogP) is 6.01. The summed E-state index contributed by atoms with van der Waals surface area (Å²) in [5.74, 6) is 1.49. The van der Waals surface area contributed by atoms with Crippen LogP contribution in [0.1, 0.15) is 32.6 Å². The molecule has 0 aromatic heterocycles. The maximum Gasteiger partial charge on any atom is 0.232 e. The van der Waals surface area contributed by atoms with Gasteiger partial charge in [0.05, 0.1) is 5.56 Å². The topological polar surface area (TPSA) is 35.5 Å². The molecule has 3 nitrogen and oxygen atoms in total. The molecule has 144 valence electrons. The van der Waals surface area contributed by atoms with Gasteiger partial charge in [0, 0.05) is 6.07 Å². The van der Waals surface area contributed by atoms with Gasteiger partial charge >= 0.3 is 0 Å². The van der Waals surface area contributed by atoms with Crippen molar-refractivity contribution in [2.75, 3.05) is 6.61 Å². The van der Waals surface area contributed by atoms with Gasteiger partial charge in [-0.3, -0.25) is 4.79 Å². The number of ketones is 1. The number of aryl methyl sites for hydroxylation is 2. The van der Waals surface area contributed by atoms with Gasteiger partial charge in [0.25, 0.3) is 0 Å². The molecule has 0 bridgehead atoms. The Bertz CT molecular complexity index is 1110. The van der Waals surface area contributed by atoms with Crippen LogP contribution in [0.15, 0.2) is 78.6 Å².